The van der Waals surface area contributed by atoms with Crippen molar-refractivity contribution in [1.29, 1.82) is 0 Å². The fraction of sp³-hybridized carbons (Fsp3) is 0.0435. The monoisotopic (exact) mass is 448 g/mol. The summed E-state index contributed by atoms with van der Waals surface area (Å²) in [6, 6.07) is 23.7. The van der Waals surface area contributed by atoms with E-state index in [2.05, 4.69) is 21.2 Å². The van der Waals surface area contributed by atoms with E-state index in [9.17, 15) is 9.59 Å². The van der Waals surface area contributed by atoms with Gasteiger partial charge in [0, 0.05) is 10.0 Å². The molecule has 0 radical (unpaired) electrons. The standard InChI is InChI=1S/C23H17BrN2O3/c24-18-11-12-21(29-15-16-7-3-1-4-8-16)17(13-18)14-20-22(27)26(23(28)25-20)19-9-5-2-6-10-19/h1-14H,15H2,(H,25,28)/b20-14+. The molecule has 0 bridgehead atoms. The summed E-state index contributed by atoms with van der Waals surface area (Å²) in [7, 11) is 0. The van der Waals surface area contributed by atoms with E-state index in [-0.39, 0.29) is 5.70 Å². The van der Waals surface area contributed by atoms with E-state index in [0.29, 0.717) is 23.6 Å². The van der Waals surface area contributed by atoms with Crippen LogP contribution in [0.25, 0.3) is 6.08 Å². The van der Waals surface area contributed by atoms with Crippen LogP contribution in [0.15, 0.2) is 89.0 Å². The van der Waals surface area contributed by atoms with Gasteiger partial charge in [-0.3, -0.25) is 4.79 Å². The fourth-order valence-electron chi connectivity index (χ4n) is 3.00. The molecule has 1 heterocycles. The summed E-state index contributed by atoms with van der Waals surface area (Å²) in [5.74, 6) is 0.208. The third-order valence-electron chi connectivity index (χ3n) is 4.40. The molecule has 0 atom stereocenters. The first-order chi connectivity index (χ1) is 14.1. The van der Waals surface area contributed by atoms with Crippen molar-refractivity contribution < 1.29 is 14.3 Å². The third-order valence-corrected chi connectivity index (χ3v) is 4.89. The Kier molecular flexibility index (Phi) is 5.44. The van der Waals surface area contributed by atoms with Crippen molar-refractivity contribution in [2.75, 3.05) is 4.90 Å². The molecule has 3 amide bonds. The quantitative estimate of drug-likeness (QED) is 0.434. The lowest BCUT2D eigenvalue weighted by Gasteiger charge is -2.11. The molecule has 1 fully saturated rings. The number of carbonyl (C=O) groups excluding carboxylic acids is 2. The molecule has 144 valence electrons. The summed E-state index contributed by atoms with van der Waals surface area (Å²) < 4.78 is 6.80. The van der Waals surface area contributed by atoms with Crippen molar-refractivity contribution in [1.82, 2.24) is 5.32 Å². The van der Waals surface area contributed by atoms with E-state index < -0.39 is 11.9 Å². The molecule has 1 saturated heterocycles. The summed E-state index contributed by atoms with van der Waals surface area (Å²) in [5.41, 5.74) is 2.44. The zero-order chi connectivity index (χ0) is 20.2. The van der Waals surface area contributed by atoms with Crippen molar-refractivity contribution in [3.63, 3.8) is 0 Å². The minimum absolute atomic E-state index is 0.196. The molecular formula is C23H17BrN2O3. The molecule has 3 aromatic rings. The molecule has 0 aliphatic carbocycles. The summed E-state index contributed by atoms with van der Waals surface area (Å²) in [4.78, 5) is 26.3. The summed E-state index contributed by atoms with van der Waals surface area (Å²) in [5, 5.41) is 2.65. The van der Waals surface area contributed by atoms with Gasteiger partial charge in [0.1, 0.15) is 18.1 Å². The molecule has 0 spiro atoms. The zero-order valence-electron chi connectivity index (χ0n) is 15.3. The number of halogens is 1. The molecule has 5 nitrogen and oxygen atoms in total. The normalized spacial score (nSPS) is 14.9. The smallest absolute Gasteiger partial charge is 0.333 e. The molecule has 4 rings (SSSR count). The predicted molar refractivity (Wildman–Crippen MR) is 115 cm³/mol. The Hall–Kier alpha value is -3.38. The van der Waals surface area contributed by atoms with Crippen LogP contribution in [0.3, 0.4) is 0 Å². The lowest BCUT2D eigenvalue weighted by molar-refractivity contribution is -0.113. The lowest BCUT2D eigenvalue weighted by Crippen LogP contribution is -2.30. The van der Waals surface area contributed by atoms with E-state index in [1.165, 1.54) is 0 Å². The number of imide groups is 1. The second kappa shape index (κ2) is 8.32. The molecule has 29 heavy (non-hydrogen) atoms. The number of nitrogens with one attached hydrogen (secondary N) is 1. The number of amides is 3. The average Bonchev–Trinajstić information content (AvgIpc) is 3.02. The van der Waals surface area contributed by atoms with E-state index in [1.54, 1.807) is 30.3 Å². The van der Waals surface area contributed by atoms with Gasteiger partial charge in [0.25, 0.3) is 5.91 Å². The van der Waals surface area contributed by atoms with Gasteiger partial charge in [0.2, 0.25) is 0 Å². The second-order valence-corrected chi connectivity index (χ2v) is 7.34. The molecule has 3 aromatic carbocycles. The van der Waals surface area contributed by atoms with Gasteiger partial charge in [-0.1, -0.05) is 64.5 Å². The Labute approximate surface area is 176 Å². The Morgan fingerprint density at radius 3 is 2.34 bits per heavy atom. The summed E-state index contributed by atoms with van der Waals surface area (Å²) in [6.07, 6.45) is 1.63. The van der Waals surface area contributed by atoms with Gasteiger partial charge in [-0.15, -0.1) is 0 Å². The summed E-state index contributed by atoms with van der Waals surface area (Å²) >= 11 is 3.45. The van der Waals surface area contributed by atoms with Gasteiger partial charge < -0.3 is 10.1 Å². The number of urea groups is 1. The number of para-hydroxylation sites is 1. The van der Waals surface area contributed by atoms with Gasteiger partial charge in [-0.2, -0.15) is 0 Å². The van der Waals surface area contributed by atoms with Gasteiger partial charge in [0.05, 0.1) is 5.69 Å². The Balaban J connectivity index is 1.61. The van der Waals surface area contributed by atoms with Crippen LogP contribution in [0.5, 0.6) is 5.75 Å². The van der Waals surface area contributed by atoms with Crippen molar-refractivity contribution >= 4 is 39.6 Å². The van der Waals surface area contributed by atoms with Crippen LogP contribution in [0.4, 0.5) is 10.5 Å². The molecule has 1 aliphatic rings. The number of ether oxygens (including phenoxy) is 1. The molecule has 1 aliphatic heterocycles. The lowest BCUT2D eigenvalue weighted by atomic mass is 10.1. The molecule has 0 unspecified atom stereocenters. The first-order valence-corrected chi connectivity index (χ1v) is 9.79. The van der Waals surface area contributed by atoms with E-state index in [4.69, 9.17) is 4.74 Å². The molecular weight excluding hydrogens is 432 g/mol. The third kappa shape index (κ3) is 4.22. The number of anilines is 1. The fourth-order valence-corrected chi connectivity index (χ4v) is 3.38. The average molecular weight is 449 g/mol. The zero-order valence-corrected chi connectivity index (χ0v) is 16.9. The molecule has 6 heteroatoms. The molecule has 0 saturated carbocycles. The maximum Gasteiger partial charge on any atom is 0.333 e. The maximum absolute atomic E-state index is 12.8. The van der Waals surface area contributed by atoms with Gasteiger partial charge in [-0.25, -0.2) is 9.69 Å². The first kappa shape index (κ1) is 19.0. The van der Waals surface area contributed by atoms with E-state index in [0.717, 1.165) is 14.9 Å². The Morgan fingerprint density at radius 1 is 0.931 bits per heavy atom. The molecule has 0 aromatic heterocycles. The van der Waals surface area contributed by atoms with Crippen LogP contribution in [-0.2, 0) is 11.4 Å². The summed E-state index contributed by atoms with van der Waals surface area (Å²) in [6.45, 7) is 0.398. The van der Waals surface area contributed by atoms with Crippen molar-refractivity contribution in [2.45, 2.75) is 6.61 Å². The Bertz CT molecular complexity index is 1080. The van der Waals surface area contributed by atoms with Crippen LogP contribution in [-0.4, -0.2) is 11.9 Å². The van der Waals surface area contributed by atoms with Crippen molar-refractivity contribution in [3.8, 4) is 5.75 Å². The predicted octanol–water partition coefficient (Wildman–Crippen LogP) is 5.13. The van der Waals surface area contributed by atoms with Crippen LogP contribution in [0, 0.1) is 0 Å². The highest BCUT2D eigenvalue weighted by atomic mass is 79.9. The number of rotatable bonds is 5. The number of nitrogens with zero attached hydrogens (tertiary/aromatic N) is 1. The Morgan fingerprint density at radius 2 is 1.62 bits per heavy atom. The highest BCUT2D eigenvalue weighted by molar-refractivity contribution is 9.10. The topological polar surface area (TPSA) is 58.6 Å². The van der Waals surface area contributed by atoms with Crippen LogP contribution >= 0.6 is 15.9 Å². The minimum atomic E-state index is -0.478. The molecule has 1 N–H and O–H groups in total. The highest BCUT2D eigenvalue weighted by Crippen LogP contribution is 2.28. The number of benzene rings is 3. The van der Waals surface area contributed by atoms with Crippen LogP contribution in [0.1, 0.15) is 11.1 Å². The number of hydrogen-bond acceptors (Lipinski definition) is 3. The number of carbonyl (C=O) groups is 2. The SMILES string of the molecule is O=C1N/C(=C/c2cc(Br)ccc2OCc2ccccc2)C(=O)N1c1ccccc1. The minimum Gasteiger partial charge on any atom is -0.488 e. The number of hydrogen-bond donors (Lipinski definition) is 1. The highest BCUT2D eigenvalue weighted by Gasteiger charge is 2.34. The van der Waals surface area contributed by atoms with Crippen LogP contribution < -0.4 is 15.0 Å². The second-order valence-electron chi connectivity index (χ2n) is 6.42. The van der Waals surface area contributed by atoms with Gasteiger partial charge in [-0.05, 0) is 42.0 Å². The van der Waals surface area contributed by atoms with Crippen molar-refractivity contribution in [2.24, 2.45) is 0 Å². The van der Waals surface area contributed by atoms with Gasteiger partial charge >= 0.3 is 6.03 Å². The van der Waals surface area contributed by atoms with E-state index >= 15 is 0 Å². The van der Waals surface area contributed by atoms with Crippen molar-refractivity contribution in [3.05, 3.63) is 100 Å². The largest absolute Gasteiger partial charge is 0.488 e. The van der Waals surface area contributed by atoms with Gasteiger partial charge in [0.15, 0.2) is 0 Å². The van der Waals surface area contributed by atoms with E-state index in [1.807, 2.05) is 54.6 Å². The van der Waals surface area contributed by atoms with Crippen LogP contribution in [0.2, 0.25) is 0 Å². The first-order valence-electron chi connectivity index (χ1n) is 9.00. The maximum atomic E-state index is 12.8.